The van der Waals surface area contributed by atoms with Crippen molar-refractivity contribution in [2.75, 3.05) is 6.66 Å². The van der Waals surface area contributed by atoms with Gasteiger partial charge in [-0.3, -0.25) is 23.6 Å². The summed E-state index contributed by atoms with van der Waals surface area (Å²) in [5, 5.41) is 4.16. The van der Waals surface area contributed by atoms with Gasteiger partial charge in [-0.1, -0.05) is 5.56 Å². The zero-order chi connectivity index (χ0) is 20.6. The fourth-order valence-electron chi connectivity index (χ4n) is 3.10. The van der Waals surface area contributed by atoms with Crippen LogP contribution in [0.25, 0.3) is 22.8 Å². The molecule has 0 saturated carbocycles. The van der Waals surface area contributed by atoms with Crippen LogP contribution < -0.4 is 4.52 Å². The molecular formula is C21H20IrN5O2P-2. The van der Waals surface area contributed by atoms with Gasteiger partial charge in [0.05, 0.1) is 11.6 Å². The van der Waals surface area contributed by atoms with Crippen molar-refractivity contribution >= 4 is 7.52 Å². The summed E-state index contributed by atoms with van der Waals surface area (Å²) >= 11 is 0. The maximum atomic E-state index is 12.5. The number of benzene rings is 2. The monoisotopic (exact) mass is 598 g/mol. The van der Waals surface area contributed by atoms with E-state index < -0.39 is 7.52 Å². The molecule has 1 radical (unpaired) electrons. The van der Waals surface area contributed by atoms with Crippen LogP contribution in [0.1, 0.15) is 11.4 Å². The van der Waals surface area contributed by atoms with E-state index >= 15 is 0 Å². The second kappa shape index (κ2) is 8.68. The molecular weight excluding hydrogens is 577 g/mol. The topological polar surface area (TPSA) is 74.8 Å². The van der Waals surface area contributed by atoms with E-state index in [4.69, 9.17) is 4.52 Å². The quantitative estimate of drug-likeness (QED) is 0.242. The number of aryl methyl sites for hydroxylation is 2. The maximum absolute atomic E-state index is 12.5. The number of rotatable bonds is 1. The first-order valence-electron chi connectivity index (χ1n) is 9.04. The number of hydrogen-bond donors (Lipinski definition) is 0. The second-order valence-corrected chi connectivity index (χ2v) is 8.93. The largest absolute Gasteiger partial charge is 0.477 e. The summed E-state index contributed by atoms with van der Waals surface area (Å²) in [5.41, 5.74) is 3.46. The molecule has 0 bridgehead atoms. The average Bonchev–Trinajstić information content (AvgIpc) is 3.27. The Kier molecular flexibility index (Phi) is 6.41. The number of aromatic nitrogens is 5. The summed E-state index contributed by atoms with van der Waals surface area (Å²) < 4.78 is 21.5. The molecule has 3 heterocycles. The van der Waals surface area contributed by atoms with E-state index in [1.807, 2.05) is 51.2 Å². The average molecular weight is 598 g/mol. The Hall–Kier alpha value is -2.53. The molecule has 5 rings (SSSR count). The first kappa shape index (κ1) is 22.2. The van der Waals surface area contributed by atoms with Crippen LogP contribution in [0.3, 0.4) is 0 Å². The zero-order valence-corrected chi connectivity index (χ0v) is 20.2. The summed E-state index contributed by atoms with van der Waals surface area (Å²) in [6, 6.07) is 19.2. The Balaban J connectivity index is 0.000000175. The summed E-state index contributed by atoms with van der Waals surface area (Å²) in [6.45, 7) is 5.42. The van der Waals surface area contributed by atoms with E-state index in [1.165, 1.54) is 0 Å². The van der Waals surface area contributed by atoms with E-state index in [2.05, 4.69) is 27.2 Å². The van der Waals surface area contributed by atoms with Crippen molar-refractivity contribution < 1.29 is 29.2 Å². The van der Waals surface area contributed by atoms with Crippen molar-refractivity contribution in [3.05, 3.63) is 72.3 Å². The Morgan fingerprint density at radius 1 is 1.10 bits per heavy atom. The second-order valence-electron chi connectivity index (χ2n) is 6.74. The molecule has 0 fully saturated rings. The number of nitrogens with zero attached hydrogens (tertiary/aromatic N) is 5. The predicted molar refractivity (Wildman–Crippen MR) is 111 cm³/mol. The Labute approximate surface area is 189 Å². The molecule has 2 aromatic carbocycles. The molecule has 4 aromatic rings. The van der Waals surface area contributed by atoms with E-state index in [1.54, 1.807) is 34.1 Å². The predicted octanol–water partition coefficient (Wildman–Crippen LogP) is 4.31. The minimum atomic E-state index is -2.89. The maximum Gasteiger partial charge on any atom is 0.329 e. The van der Waals surface area contributed by atoms with Gasteiger partial charge >= 0.3 is 7.52 Å². The van der Waals surface area contributed by atoms with Gasteiger partial charge in [-0.05, 0) is 13.8 Å². The van der Waals surface area contributed by atoms with Crippen LogP contribution >= 0.6 is 7.52 Å². The van der Waals surface area contributed by atoms with Crippen molar-refractivity contribution in [1.82, 2.24) is 24.1 Å². The third-order valence-electron chi connectivity index (χ3n) is 4.54. The van der Waals surface area contributed by atoms with E-state index in [0.29, 0.717) is 11.6 Å². The van der Waals surface area contributed by atoms with Crippen molar-refractivity contribution in [2.24, 2.45) is 7.05 Å². The van der Waals surface area contributed by atoms with Crippen LogP contribution in [-0.4, -0.2) is 30.8 Å². The zero-order valence-electron chi connectivity index (χ0n) is 17.0. The van der Waals surface area contributed by atoms with Crippen LogP contribution in [-0.2, 0) is 31.7 Å². The smallest absolute Gasteiger partial charge is 0.329 e. The summed E-state index contributed by atoms with van der Waals surface area (Å²) in [4.78, 5) is 8.57. The third-order valence-corrected chi connectivity index (χ3v) is 6.29. The van der Waals surface area contributed by atoms with Crippen LogP contribution in [0.5, 0.6) is 5.75 Å². The van der Waals surface area contributed by atoms with Gasteiger partial charge in [0.25, 0.3) is 0 Å². The molecule has 0 amide bonds. The molecule has 1 atom stereocenters. The van der Waals surface area contributed by atoms with Gasteiger partial charge in [0.15, 0.2) is 0 Å². The molecule has 0 aliphatic carbocycles. The van der Waals surface area contributed by atoms with Gasteiger partial charge in [-0.15, -0.1) is 60.2 Å². The van der Waals surface area contributed by atoms with Gasteiger partial charge in [0.1, 0.15) is 6.33 Å². The normalized spacial score (nSPS) is 16.3. The van der Waals surface area contributed by atoms with Crippen LogP contribution in [0.4, 0.5) is 0 Å². The summed E-state index contributed by atoms with van der Waals surface area (Å²) in [5.74, 6) is 2.00. The van der Waals surface area contributed by atoms with E-state index in [-0.39, 0.29) is 20.1 Å². The van der Waals surface area contributed by atoms with E-state index in [9.17, 15) is 4.57 Å². The van der Waals surface area contributed by atoms with Gasteiger partial charge in [0, 0.05) is 51.0 Å². The Bertz CT molecular complexity index is 1220. The first-order chi connectivity index (χ1) is 13.9. The molecule has 157 valence electrons. The molecule has 1 aliphatic heterocycles. The minimum absolute atomic E-state index is 0. The number of hydrogen-bond acceptors (Lipinski definition) is 5. The van der Waals surface area contributed by atoms with Gasteiger partial charge < -0.3 is 4.52 Å². The molecule has 30 heavy (non-hydrogen) atoms. The van der Waals surface area contributed by atoms with Gasteiger partial charge in [0.2, 0.25) is 0 Å². The van der Waals surface area contributed by atoms with Crippen molar-refractivity contribution in [1.29, 1.82) is 0 Å². The summed E-state index contributed by atoms with van der Waals surface area (Å²) in [7, 11) is -1.04. The van der Waals surface area contributed by atoms with Crippen LogP contribution in [0, 0.1) is 26.0 Å². The van der Waals surface area contributed by atoms with Crippen LogP contribution in [0.15, 0.2) is 48.8 Å². The molecule has 7 nitrogen and oxygen atoms in total. The van der Waals surface area contributed by atoms with Gasteiger partial charge in [-0.25, -0.2) is 5.10 Å². The SMILES string of the molecule is Cc1nc2n(c1C)P(C)(=O)Oc1ccc[c-]c1-2.Cn1cnc(-c2[c-]cccc2)n1.[Ir]. The standard InChI is InChI=1S/C12H12N2O2P.C9H8N3.Ir/c1-8-9(2)14-12(13-8)10-6-4-5-7-11(10)16-17(14,3)15;1-12-7-10-9(11-12)8-5-3-2-4-6-8;/h4-5,7H,1-3H3;2-5,7H,1H3;/q2*-1;. The first-order valence-corrected chi connectivity index (χ1v) is 11.1. The Morgan fingerprint density at radius 2 is 1.87 bits per heavy atom. The molecule has 0 spiro atoms. The fraction of sp³-hybridized carbons (Fsp3) is 0.190. The molecule has 0 saturated heterocycles. The van der Waals surface area contributed by atoms with Crippen molar-refractivity contribution in [2.45, 2.75) is 13.8 Å². The molecule has 0 N–H and O–H groups in total. The number of fused-ring (bicyclic) bond motifs is 3. The van der Waals surface area contributed by atoms with E-state index in [0.717, 1.165) is 28.3 Å². The molecule has 9 heteroatoms. The number of imidazole rings is 1. The van der Waals surface area contributed by atoms with Crippen molar-refractivity contribution in [3.63, 3.8) is 0 Å². The Morgan fingerprint density at radius 3 is 2.53 bits per heavy atom. The van der Waals surface area contributed by atoms with Gasteiger partial charge in [-0.2, -0.15) is 0 Å². The molecule has 1 aliphatic rings. The fourth-order valence-corrected chi connectivity index (χ4v) is 4.87. The summed E-state index contributed by atoms with van der Waals surface area (Å²) in [6.07, 6.45) is 1.68. The van der Waals surface area contributed by atoms with Crippen molar-refractivity contribution in [3.8, 4) is 28.5 Å². The molecule has 2 aromatic heterocycles. The minimum Gasteiger partial charge on any atom is -0.477 e. The van der Waals surface area contributed by atoms with Crippen LogP contribution in [0.2, 0.25) is 0 Å². The third kappa shape index (κ3) is 4.17. The molecule has 1 unspecified atom stereocenters.